The molecule has 1 aromatic carbocycles. The minimum absolute atomic E-state index is 0.125. The first-order chi connectivity index (χ1) is 9.71. The molecule has 0 aromatic heterocycles. The SMILES string of the molecule is O=C(N1CCCC1c1cc([N+](=O)[O-])ccc1F)C(F)(F)F. The van der Waals surface area contributed by atoms with Gasteiger partial charge in [-0.1, -0.05) is 0 Å². The number of halogens is 4. The predicted molar refractivity (Wildman–Crippen MR) is 62.8 cm³/mol. The Bertz CT molecular complexity index is 588. The maximum absolute atomic E-state index is 13.8. The Morgan fingerprint density at radius 1 is 1.38 bits per heavy atom. The lowest BCUT2D eigenvalue weighted by Gasteiger charge is -2.26. The molecule has 1 atom stereocenters. The van der Waals surface area contributed by atoms with Crippen molar-refractivity contribution in [1.29, 1.82) is 0 Å². The van der Waals surface area contributed by atoms with Crippen molar-refractivity contribution in [2.45, 2.75) is 25.1 Å². The number of nitro groups is 1. The summed E-state index contributed by atoms with van der Waals surface area (Å²) in [5.41, 5.74) is -0.697. The number of non-ortho nitro benzene ring substituents is 1. The molecule has 0 radical (unpaired) electrons. The number of rotatable bonds is 2. The van der Waals surface area contributed by atoms with Crippen molar-refractivity contribution in [2.75, 3.05) is 6.54 Å². The maximum atomic E-state index is 13.8. The molecule has 1 saturated heterocycles. The first kappa shape index (κ1) is 15.2. The molecule has 21 heavy (non-hydrogen) atoms. The summed E-state index contributed by atoms with van der Waals surface area (Å²) in [5, 5.41) is 10.7. The van der Waals surface area contributed by atoms with Crippen molar-refractivity contribution in [3.05, 3.63) is 39.7 Å². The van der Waals surface area contributed by atoms with Gasteiger partial charge < -0.3 is 4.90 Å². The van der Waals surface area contributed by atoms with Crippen molar-refractivity contribution in [3.63, 3.8) is 0 Å². The molecule has 9 heteroatoms. The van der Waals surface area contributed by atoms with Crippen LogP contribution in [0.2, 0.25) is 0 Å². The second kappa shape index (κ2) is 5.30. The van der Waals surface area contributed by atoms with Gasteiger partial charge in [0.2, 0.25) is 0 Å². The zero-order chi connectivity index (χ0) is 15.8. The largest absolute Gasteiger partial charge is 0.471 e. The number of carbonyl (C=O) groups is 1. The standard InChI is InChI=1S/C12H10F4N2O3/c13-9-4-3-7(18(20)21)6-8(9)10-2-1-5-17(10)11(19)12(14,15)16/h3-4,6,10H,1-2,5H2. The summed E-state index contributed by atoms with van der Waals surface area (Å²) < 4.78 is 51.3. The van der Waals surface area contributed by atoms with Crippen LogP contribution in [0.1, 0.15) is 24.4 Å². The zero-order valence-electron chi connectivity index (χ0n) is 10.6. The summed E-state index contributed by atoms with van der Waals surface area (Å²) in [7, 11) is 0. The number of amides is 1. The maximum Gasteiger partial charge on any atom is 0.471 e. The Balaban J connectivity index is 2.38. The van der Waals surface area contributed by atoms with Crippen LogP contribution in [0.25, 0.3) is 0 Å². The molecule has 1 aromatic rings. The molecule has 1 aliphatic heterocycles. The summed E-state index contributed by atoms with van der Waals surface area (Å²) in [4.78, 5) is 21.7. The quantitative estimate of drug-likeness (QED) is 0.479. The first-order valence-electron chi connectivity index (χ1n) is 6.03. The molecule has 1 aliphatic rings. The lowest BCUT2D eigenvalue weighted by atomic mass is 10.0. The fourth-order valence-electron chi connectivity index (χ4n) is 2.40. The molecule has 2 rings (SSSR count). The number of hydrogen-bond acceptors (Lipinski definition) is 3. The summed E-state index contributed by atoms with van der Waals surface area (Å²) in [6.07, 6.45) is -4.66. The number of benzene rings is 1. The normalized spacial score (nSPS) is 18.9. The summed E-state index contributed by atoms with van der Waals surface area (Å²) >= 11 is 0. The lowest BCUT2D eigenvalue weighted by Crippen LogP contribution is -2.40. The molecule has 0 saturated carbocycles. The lowest BCUT2D eigenvalue weighted by molar-refractivity contribution is -0.385. The molecule has 0 spiro atoms. The predicted octanol–water partition coefficient (Wildman–Crippen LogP) is 2.96. The van der Waals surface area contributed by atoms with Crippen molar-refractivity contribution < 1.29 is 27.3 Å². The van der Waals surface area contributed by atoms with Crippen molar-refractivity contribution >= 4 is 11.6 Å². The molecule has 0 bridgehead atoms. The van der Waals surface area contributed by atoms with E-state index in [0.717, 1.165) is 18.2 Å². The minimum atomic E-state index is -5.06. The summed E-state index contributed by atoms with van der Waals surface area (Å²) in [5.74, 6) is -2.93. The van der Waals surface area contributed by atoms with E-state index in [2.05, 4.69) is 0 Å². The van der Waals surface area contributed by atoms with E-state index in [1.54, 1.807) is 0 Å². The Labute approximate surface area is 116 Å². The van der Waals surface area contributed by atoms with Crippen LogP contribution in [0.15, 0.2) is 18.2 Å². The number of hydrogen-bond donors (Lipinski definition) is 0. The van der Waals surface area contributed by atoms with Gasteiger partial charge in [-0.05, 0) is 18.9 Å². The number of nitro benzene ring substituents is 1. The van der Waals surface area contributed by atoms with Crippen molar-refractivity contribution in [2.24, 2.45) is 0 Å². The number of alkyl halides is 3. The van der Waals surface area contributed by atoms with Crippen molar-refractivity contribution in [3.8, 4) is 0 Å². The molecule has 1 amide bonds. The van der Waals surface area contributed by atoms with Crippen LogP contribution in [-0.2, 0) is 4.79 Å². The van der Waals surface area contributed by atoms with Gasteiger partial charge in [-0.3, -0.25) is 14.9 Å². The number of likely N-dealkylation sites (tertiary alicyclic amines) is 1. The topological polar surface area (TPSA) is 63.5 Å². The van der Waals surface area contributed by atoms with Gasteiger partial charge in [-0.15, -0.1) is 0 Å². The molecular formula is C12H10F4N2O3. The van der Waals surface area contributed by atoms with E-state index in [4.69, 9.17) is 0 Å². The van der Waals surface area contributed by atoms with Gasteiger partial charge in [-0.25, -0.2) is 4.39 Å². The zero-order valence-corrected chi connectivity index (χ0v) is 10.6. The monoisotopic (exact) mass is 306 g/mol. The van der Waals surface area contributed by atoms with Gasteiger partial charge >= 0.3 is 12.1 Å². The third kappa shape index (κ3) is 2.96. The minimum Gasteiger partial charge on any atom is -0.328 e. The van der Waals surface area contributed by atoms with Crippen LogP contribution >= 0.6 is 0 Å². The average molecular weight is 306 g/mol. The average Bonchev–Trinajstić information content (AvgIpc) is 2.85. The van der Waals surface area contributed by atoms with E-state index >= 15 is 0 Å². The second-order valence-corrected chi connectivity index (χ2v) is 4.62. The van der Waals surface area contributed by atoms with Crippen molar-refractivity contribution in [1.82, 2.24) is 4.90 Å². The highest BCUT2D eigenvalue weighted by Crippen LogP contribution is 2.37. The molecule has 1 heterocycles. The van der Waals surface area contributed by atoms with Gasteiger partial charge in [-0.2, -0.15) is 13.2 Å². The van der Waals surface area contributed by atoms with Crippen LogP contribution in [0.3, 0.4) is 0 Å². The van der Waals surface area contributed by atoms with Gasteiger partial charge in [0.15, 0.2) is 0 Å². The number of carbonyl (C=O) groups excluding carboxylic acids is 1. The Morgan fingerprint density at radius 3 is 2.62 bits per heavy atom. The molecule has 5 nitrogen and oxygen atoms in total. The van der Waals surface area contributed by atoms with E-state index < -0.39 is 34.6 Å². The van der Waals surface area contributed by atoms with Crippen LogP contribution in [0.4, 0.5) is 23.2 Å². The van der Waals surface area contributed by atoms with Gasteiger partial charge in [0.05, 0.1) is 11.0 Å². The van der Waals surface area contributed by atoms with E-state index in [-0.39, 0.29) is 24.9 Å². The third-order valence-corrected chi connectivity index (χ3v) is 3.31. The number of nitrogens with zero attached hydrogens (tertiary/aromatic N) is 2. The van der Waals surface area contributed by atoms with Crippen LogP contribution in [0.5, 0.6) is 0 Å². The molecule has 114 valence electrons. The second-order valence-electron chi connectivity index (χ2n) is 4.62. The highest BCUT2D eigenvalue weighted by molar-refractivity contribution is 5.82. The fourth-order valence-corrected chi connectivity index (χ4v) is 2.40. The van der Waals surface area contributed by atoms with Gasteiger partial charge in [0.25, 0.3) is 5.69 Å². The molecule has 0 N–H and O–H groups in total. The summed E-state index contributed by atoms with van der Waals surface area (Å²) in [6, 6.07) is 1.48. The van der Waals surface area contributed by atoms with Crippen LogP contribution < -0.4 is 0 Å². The molecular weight excluding hydrogens is 296 g/mol. The molecule has 1 unspecified atom stereocenters. The van der Waals surface area contributed by atoms with E-state index in [9.17, 15) is 32.5 Å². The highest BCUT2D eigenvalue weighted by atomic mass is 19.4. The Morgan fingerprint density at radius 2 is 2.05 bits per heavy atom. The first-order valence-corrected chi connectivity index (χ1v) is 6.03. The van der Waals surface area contributed by atoms with Gasteiger partial charge in [0, 0.05) is 24.2 Å². The van der Waals surface area contributed by atoms with Gasteiger partial charge in [0.1, 0.15) is 5.82 Å². The van der Waals surface area contributed by atoms with Crippen LogP contribution in [-0.4, -0.2) is 28.5 Å². The smallest absolute Gasteiger partial charge is 0.328 e. The van der Waals surface area contributed by atoms with E-state index in [1.165, 1.54) is 0 Å². The highest BCUT2D eigenvalue weighted by Gasteiger charge is 2.46. The van der Waals surface area contributed by atoms with Crippen LogP contribution in [0, 0.1) is 15.9 Å². The third-order valence-electron chi connectivity index (χ3n) is 3.31. The molecule has 1 fully saturated rings. The Kier molecular flexibility index (Phi) is 3.84. The fraction of sp³-hybridized carbons (Fsp3) is 0.417. The van der Waals surface area contributed by atoms with E-state index in [1.807, 2.05) is 0 Å². The molecule has 0 aliphatic carbocycles. The Hall–Kier alpha value is -2.19. The van der Waals surface area contributed by atoms with E-state index in [0.29, 0.717) is 4.90 Å². The summed E-state index contributed by atoms with van der Waals surface area (Å²) in [6.45, 7) is -0.162.